The highest BCUT2D eigenvalue weighted by molar-refractivity contribution is 5.29. The highest BCUT2D eigenvalue weighted by atomic mass is 16.7. The van der Waals surface area contributed by atoms with E-state index in [1.54, 1.807) is 0 Å². The maximum absolute atomic E-state index is 5.97. The van der Waals surface area contributed by atoms with Crippen LogP contribution in [-0.4, -0.2) is 37.9 Å². The Hall–Kier alpha value is -1.42. The van der Waals surface area contributed by atoms with Crippen LogP contribution >= 0.6 is 0 Å². The average Bonchev–Trinajstić information content (AvgIpc) is 2.66. The van der Waals surface area contributed by atoms with Crippen molar-refractivity contribution in [2.45, 2.75) is 18.9 Å². The minimum Gasteiger partial charge on any atom is -0.489 e. The predicted octanol–water partition coefficient (Wildman–Crippen LogP) is 1.77. The van der Waals surface area contributed by atoms with Crippen molar-refractivity contribution in [1.29, 1.82) is 0 Å². The standard InChI is InChI=1S/C13H17NO3/c1-14-5-4-12(8-14)17-11-3-2-10-6-13(7-11)16-9-15-10/h2-3,7,12H,4-6,8-9H2,1H3. The third kappa shape index (κ3) is 2.47. The summed E-state index contributed by atoms with van der Waals surface area (Å²) in [6.45, 7) is 2.41. The lowest BCUT2D eigenvalue weighted by molar-refractivity contribution is -0.0212. The number of fused-ring (bicyclic) bond motifs is 2. The molecule has 1 unspecified atom stereocenters. The molecule has 0 N–H and O–H groups in total. The molecule has 1 atom stereocenters. The molecule has 2 saturated heterocycles. The van der Waals surface area contributed by atoms with E-state index in [2.05, 4.69) is 11.9 Å². The van der Waals surface area contributed by atoms with Crippen LogP contribution < -0.4 is 0 Å². The van der Waals surface area contributed by atoms with Gasteiger partial charge >= 0.3 is 0 Å². The van der Waals surface area contributed by atoms with Crippen LogP contribution in [-0.2, 0) is 14.2 Å². The molecule has 4 heteroatoms. The molecule has 2 aliphatic heterocycles. The van der Waals surface area contributed by atoms with Crippen molar-refractivity contribution in [3.05, 3.63) is 35.5 Å². The number of ether oxygens (including phenoxy) is 3. The lowest BCUT2D eigenvalue weighted by Gasteiger charge is -2.19. The largest absolute Gasteiger partial charge is 0.489 e. The molecule has 0 amide bonds. The van der Waals surface area contributed by atoms with Crippen molar-refractivity contribution in [2.75, 3.05) is 26.9 Å². The van der Waals surface area contributed by atoms with E-state index in [0.717, 1.165) is 43.2 Å². The summed E-state index contributed by atoms with van der Waals surface area (Å²) in [5.74, 6) is 2.75. The second kappa shape index (κ2) is 4.45. The number of hydrogen-bond donors (Lipinski definition) is 0. The Morgan fingerprint density at radius 1 is 1.29 bits per heavy atom. The highest BCUT2D eigenvalue weighted by Gasteiger charge is 2.22. The van der Waals surface area contributed by atoms with Gasteiger partial charge in [0.1, 0.15) is 23.4 Å². The molecular formula is C13H17NO3. The van der Waals surface area contributed by atoms with Gasteiger partial charge < -0.3 is 19.1 Å². The van der Waals surface area contributed by atoms with Gasteiger partial charge in [-0.1, -0.05) is 0 Å². The van der Waals surface area contributed by atoms with Crippen molar-refractivity contribution >= 4 is 0 Å². The lowest BCUT2D eigenvalue weighted by atomic mass is 10.3. The van der Waals surface area contributed by atoms with Crippen LogP contribution in [0.5, 0.6) is 0 Å². The summed E-state index contributed by atoms with van der Waals surface area (Å²) >= 11 is 0. The Bertz CT molecular complexity index is 397. The third-order valence-corrected chi connectivity index (χ3v) is 3.22. The van der Waals surface area contributed by atoms with Gasteiger partial charge in [-0.25, -0.2) is 0 Å². The summed E-state index contributed by atoms with van der Waals surface area (Å²) in [6, 6.07) is 0. The molecule has 2 heterocycles. The zero-order chi connectivity index (χ0) is 11.7. The van der Waals surface area contributed by atoms with E-state index in [1.807, 2.05) is 18.2 Å². The van der Waals surface area contributed by atoms with Crippen LogP contribution in [0, 0.1) is 0 Å². The number of likely N-dealkylation sites (tertiary alicyclic amines) is 1. The van der Waals surface area contributed by atoms with Crippen LogP contribution in [0.15, 0.2) is 35.5 Å². The minimum absolute atomic E-state index is 0.292. The summed E-state index contributed by atoms with van der Waals surface area (Å²) in [6.07, 6.45) is 8.03. The predicted molar refractivity (Wildman–Crippen MR) is 62.9 cm³/mol. The van der Waals surface area contributed by atoms with E-state index in [4.69, 9.17) is 14.2 Å². The second-order valence-corrected chi connectivity index (χ2v) is 4.69. The van der Waals surface area contributed by atoms with Crippen LogP contribution in [0.25, 0.3) is 0 Å². The summed E-state index contributed by atoms with van der Waals surface area (Å²) in [7, 11) is 2.12. The van der Waals surface area contributed by atoms with Gasteiger partial charge in [-0.05, 0) is 25.6 Å². The Kier molecular flexibility index (Phi) is 2.81. The van der Waals surface area contributed by atoms with E-state index in [9.17, 15) is 0 Å². The highest BCUT2D eigenvalue weighted by Crippen LogP contribution is 2.26. The fraction of sp³-hybridized carbons (Fsp3) is 0.538. The van der Waals surface area contributed by atoms with Gasteiger partial charge in [0.05, 0.1) is 6.42 Å². The topological polar surface area (TPSA) is 30.9 Å². The molecule has 3 rings (SSSR count). The minimum atomic E-state index is 0.292. The Morgan fingerprint density at radius 2 is 2.18 bits per heavy atom. The number of rotatable bonds is 2. The molecule has 0 spiro atoms. The number of allylic oxidation sites excluding steroid dienone is 3. The molecule has 0 aromatic heterocycles. The van der Waals surface area contributed by atoms with Crippen LogP contribution in [0.2, 0.25) is 0 Å². The van der Waals surface area contributed by atoms with E-state index in [-0.39, 0.29) is 0 Å². The van der Waals surface area contributed by atoms with Gasteiger partial charge in [0.15, 0.2) is 0 Å². The van der Waals surface area contributed by atoms with Crippen molar-refractivity contribution < 1.29 is 14.2 Å². The van der Waals surface area contributed by atoms with E-state index < -0.39 is 0 Å². The van der Waals surface area contributed by atoms with Gasteiger partial charge in [0.25, 0.3) is 0 Å². The molecule has 1 aliphatic carbocycles. The molecular weight excluding hydrogens is 218 g/mol. The first-order valence-corrected chi connectivity index (χ1v) is 6.02. The molecule has 0 radical (unpaired) electrons. The summed E-state index contributed by atoms with van der Waals surface area (Å²) in [4.78, 5) is 2.28. The van der Waals surface area contributed by atoms with Gasteiger partial charge in [0.2, 0.25) is 6.79 Å². The van der Waals surface area contributed by atoms with E-state index >= 15 is 0 Å². The normalized spacial score (nSPS) is 28.3. The zero-order valence-corrected chi connectivity index (χ0v) is 10.0. The van der Waals surface area contributed by atoms with Crippen LogP contribution in [0.4, 0.5) is 0 Å². The van der Waals surface area contributed by atoms with Crippen molar-refractivity contribution in [2.24, 2.45) is 0 Å². The summed E-state index contributed by atoms with van der Waals surface area (Å²) in [5, 5.41) is 0. The van der Waals surface area contributed by atoms with E-state index in [1.165, 1.54) is 0 Å². The van der Waals surface area contributed by atoms with Gasteiger partial charge in [0, 0.05) is 19.2 Å². The van der Waals surface area contributed by atoms with Crippen molar-refractivity contribution in [3.63, 3.8) is 0 Å². The van der Waals surface area contributed by atoms with Crippen molar-refractivity contribution in [1.82, 2.24) is 4.90 Å². The zero-order valence-electron chi connectivity index (χ0n) is 10.0. The maximum atomic E-state index is 5.97. The Labute approximate surface area is 101 Å². The van der Waals surface area contributed by atoms with Crippen LogP contribution in [0.3, 0.4) is 0 Å². The quantitative estimate of drug-likeness (QED) is 0.730. The maximum Gasteiger partial charge on any atom is 0.229 e. The Balaban J connectivity index is 1.70. The number of nitrogens with zero attached hydrogens (tertiary/aromatic N) is 1. The molecule has 4 nitrogen and oxygen atoms in total. The van der Waals surface area contributed by atoms with E-state index in [0.29, 0.717) is 12.9 Å². The molecule has 3 aliphatic rings. The molecule has 2 bridgehead atoms. The van der Waals surface area contributed by atoms with Gasteiger partial charge in [-0.3, -0.25) is 0 Å². The molecule has 92 valence electrons. The number of hydrogen-bond acceptors (Lipinski definition) is 4. The lowest BCUT2D eigenvalue weighted by Crippen LogP contribution is -2.18. The summed E-state index contributed by atoms with van der Waals surface area (Å²) in [5.41, 5.74) is 0. The fourth-order valence-corrected chi connectivity index (χ4v) is 2.29. The smallest absolute Gasteiger partial charge is 0.229 e. The monoisotopic (exact) mass is 235 g/mol. The molecule has 2 fully saturated rings. The third-order valence-electron chi connectivity index (χ3n) is 3.22. The first-order chi connectivity index (χ1) is 8.29. The SMILES string of the molecule is CN1CCC(OC2=CC=C3CC(=C2)OCO3)C1. The van der Waals surface area contributed by atoms with Gasteiger partial charge in [-0.2, -0.15) is 0 Å². The van der Waals surface area contributed by atoms with Crippen LogP contribution in [0.1, 0.15) is 12.8 Å². The fourth-order valence-electron chi connectivity index (χ4n) is 2.29. The first-order valence-electron chi connectivity index (χ1n) is 6.02. The first kappa shape index (κ1) is 10.7. The van der Waals surface area contributed by atoms with Crippen molar-refractivity contribution in [3.8, 4) is 0 Å². The number of likely N-dealkylation sites (N-methyl/N-ethyl adjacent to an activating group) is 1. The Morgan fingerprint density at radius 3 is 3.00 bits per heavy atom. The second-order valence-electron chi connectivity index (χ2n) is 4.69. The summed E-state index contributed by atoms with van der Waals surface area (Å²) < 4.78 is 16.7. The molecule has 17 heavy (non-hydrogen) atoms. The molecule has 0 aromatic rings. The molecule has 0 aromatic carbocycles. The van der Waals surface area contributed by atoms with Gasteiger partial charge in [-0.15, -0.1) is 0 Å². The average molecular weight is 235 g/mol. The molecule has 0 saturated carbocycles.